The van der Waals surface area contributed by atoms with Gasteiger partial charge in [0, 0.05) is 28.4 Å². The first-order chi connectivity index (χ1) is 17.9. The zero-order chi connectivity index (χ0) is 28.0. The van der Waals surface area contributed by atoms with Crippen molar-refractivity contribution in [2.24, 2.45) is 10.8 Å². The molecular formula is C31H40O5S2. The first-order valence-corrected chi connectivity index (χ1v) is 15.2. The third-order valence-electron chi connectivity index (χ3n) is 7.28. The minimum atomic E-state index is -1.02. The van der Waals surface area contributed by atoms with E-state index in [1.807, 2.05) is 64.1 Å². The van der Waals surface area contributed by atoms with E-state index in [0.29, 0.717) is 37.4 Å². The maximum Gasteiger partial charge on any atom is 0.204 e. The van der Waals surface area contributed by atoms with Crippen LogP contribution in [0.2, 0.25) is 0 Å². The molecule has 1 fully saturated rings. The number of aryl methyl sites for hydroxylation is 2. The van der Waals surface area contributed by atoms with Crippen molar-refractivity contribution in [3.8, 4) is 0 Å². The van der Waals surface area contributed by atoms with E-state index >= 15 is 0 Å². The Morgan fingerprint density at radius 2 is 1.37 bits per heavy atom. The topological polar surface area (TPSA) is 69.7 Å². The number of Topliss-reactive ketones (excluding diaryl/α,β-unsaturated/α-hetero) is 1. The molecule has 3 rings (SSSR count). The summed E-state index contributed by atoms with van der Waals surface area (Å²) in [6.07, 6.45) is 1.18. The van der Waals surface area contributed by atoms with Crippen LogP contribution in [0.3, 0.4) is 0 Å². The van der Waals surface area contributed by atoms with Gasteiger partial charge in [0.15, 0.2) is 16.0 Å². The number of hydrogen-bond donors (Lipinski definition) is 0. The Hall–Kier alpha value is -1.93. The third kappa shape index (κ3) is 7.59. The molecule has 7 heteroatoms. The molecule has 1 aliphatic heterocycles. The number of carbonyl (C=O) groups excluding carboxylic acids is 3. The number of thioether (sulfide) groups is 2. The van der Waals surface area contributed by atoms with Crippen molar-refractivity contribution in [2.75, 3.05) is 24.7 Å². The van der Waals surface area contributed by atoms with Gasteiger partial charge in [-0.25, -0.2) is 0 Å². The van der Waals surface area contributed by atoms with Crippen LogP contribution < -0.4 is 0 Å². The molecule has 0 spiro atoms. The summed E-state index contributed by atoms with van der Waals surface area (Å²) in [6.45, 7) is 13.1. The Kier molecular flexibility index (Phi) is 10.4. The molecule has 0 bridgehead atoms. The molecule has 0 unspecified atom stereocenters. The highest BCUT2D eigenvalue weighted by Gasteiger charge is 2.45. The fourth-order valence-corrected chi connectivity index (χ4v) is 6.48. The van der Waals surface area contributed by atoms with Gasteiger partial charge in [0.2, 0.25) is 5.79 Å². The lowest BCUT2D eigenvalue weighted by molar-refractivity contribution is -0.295. The zero-order valence-corrected chi connectivity index (χ0v) is 25.1. The normalized spacial score (nSPS) is 16.7. The summed E-state index contributed by atoms with van der Waals surface area (Å²) in [5.74, 6) is -0.728. The molecule has 2 aromatic carbocycles. The van der Waals surface area contributed by atoms with Gasteiger partial charge in [-0.05, 0) is 26.7 Å². The molecule has 0 aromatic heterocycles. The number of ketones is 1. The highest BCUT2D eigenvalue weighted by Crippen LogP contribution is 2.43. The van der Waals surface area contributed by atoms with E-state index in [0.717, 1.165) is 28.5 Å². The van der Waals surface area contributed by atoms with Crippen molar-refractivity contribution in [3.05, 3.63) is 70.8 Å². The van der Waals surface area contributed by atoms with E-state index in [1.54, 1.807) is 12.1 Å². The highest BCUT2D eigenvalue weighted by molar-refractivity contribution is 8.14. The van der Waals surface area contributed by atoms with Crippen LogP contribution >= 0.6 is 23.5 Å². The highest BCUT2D eigenvalue weighted by atomic mass is 32.2. The van der Waals surface area contributed by atoms with Crippen molar-refractivity contribution in [3.63, 3.8) is 0 Å². The number of ether oxygens (including phenoxy) is 2. The summed E-state index contributed by atoms with van der Waals surface area (Å²) in [6, 6.07) is 15.4. The summed E-state index contributed by atoms with van der Waals surface area (Å²) < 4.78 is 12.7. The Morgan fingerprint density at radius 1 is 0.842 bits per heavy atom. The molecule has 2 aromatic rings. The van der Waals surface area contributed by atoms with Crippen molar-refractivity contribution < 1.29 is 23.9 Å². The zero-order valence-electron chi connectivity index (χ0n) is 23.4. The van der Waals surface area contributed by atoms with Crippen LogP contribution in [0.15, 0.2) is 48.5 Å². The van der Waals surface area contributed by atoms with Gasteiger partial charge in [0.25, 0.3) is 0 Å². The lowest BCUT2D eigenvalue weighted by Gasteiger charge is -2.44. The maximum atomic E-state index is 13.7. The van der Waals surface area contributed by atoms with Gasteiger partial charge in [-0.3, -0.25) is 14.4 Å². The second-order valence-electron chi connectivity index (χ2n) is 11.1. The summed E-state index contributed by atoms with van der Waals surface area (Å²) in [5, 5.41) is -0.173. The first-order valence-electron chi connectivity index (χ1n) is 13.2. The van der Waals surface area contributed by atoms with Gasteiger partial charge in [0.1, 0.15) is 0 Å². The minimum absolute atomic E-state index is 0.0372. The van der Waals surface area contributed by atoms with E-state index in [9.17, 15) is 14.4 Å². The third-order valence-corrected chi connectivity index (χ3v) is 9.38. The molecule has 0 saturated carbocycles. The van der Waals surface area contributed by atoms with Gasteiger partial charge in [-0.2, -0.15) is 0 Å². The van der Waals surface area contributed by atoms with Gasteiger partial charge in [0.05, 0.1) is 24.7 Å². The number of carbonyl (C=O) groups is 3. The van der Waals surface area contributed by atoms with Crippen molar-refractivity contribution in [1.29, 1.82) is 0 Å². The molecule has 1 saturated heterocycles. The molecule has 1 heterocycles. The molecule has 0 aliphatic carbocycles. The van der Waals surface area contributed by atoms with Crippen LogP contribution in [0.5, 0.6) is 0 Å². The van der Waals surface area contributed by atoms with Gasteiger partial charge in [-0.1, -0.05) is 111 Å². The Morgan fingerprint density at radius 3 is 1.89 bits per heavy atom. The fraction of sp³-hybridized carbons (Fsp3) is 0.516. The van der Waals surface area contributed by atoms with Crippen LogP contribution in [0.25, 0.3) is 0 Å². The summed E-state index contributed by atoms with van der Waals surface area (Å²) in [4.78, 5) is 39.2. The van der Waals surface area contributed by atoms with E-state index in [1.165, 1.54) is 11.8 Å². The van der Waals surface area contributed by atoms with Crippen LogP contribution in [-0.2, 0) is 24.8 Å². The lowest BCUT2D eigenvalue weighted by Crippen LogP contribution is -2.47. The first kappa shape index (κ1) is 30.6. The predicted octanol–water partition coefficient (Wildman–Crippen LogP) is 7.13. The monoisotopic (exact) mass is 556 g/mol. The Labute approximate surface area is 235 Å². The molecular weight excluding hydrogens is 516 g/mol. The van der Waals surface area contributed by atoms with Crippen molar-refractivity contribution >= 4 is 39.5 Å². The smallest absolute Gasteiger partial charge is 0.204 e. The van der Waals surface area contributed by atoms with E-state index in [2.05, 4.69) is 13.8 Å². The SMILES string of the molecule is CCC(CC)(CC(=O)SCC(=O)c1ccc(C)cc1)C(=O)SCC1(c2ccc(C)cc2)OCC(C)(C)CO1. The maximum absolute atomic E-state index is 13.7. The molecule has 0 atom stereocenters. The van der Waals surface area contributed by atoms with Crippen molar-refractivity contribution in [2.45, 2.75) is 66.6 Å². The molecule has 0 radical (unpaired) electrons. The Balaban J connectivity index is 1.68. The van der Waals surface area contributed by atoms with E-state index in [4.69, 9.17) is 9.47 Å². The molecule has 0 amide bonds. The Bertz CT molecular complexity index is 1110. The number of rotatable bonds is 11. The summed E-state index contributed by atoms with van der Waals surface area (Å²) in [5.41, 5.74) is 2.78. The molecule has 1 aliphatic rings. The van der Waals surface area contributed by atoms with Crippen molar-refractivity contribution in [1.82, 2.24) is 0 Å². The van der Waals surface area contributed by atoms with Crippen LogP contribution in [-0.4, -0.2) is 40.7 Å². The predicted molar refractivity (Wildman–Crippen MR) is 157 cm³/mol. The summed E-state index contributed by atoms with van der Waals surface area (Å²) >= 11 is 2.19. The molecule has 5 nitrogen and oxygen atoms in total. The molecule has 206 valence electrons. The quantitative estimate of drug-likeness (QED) is 0.273. The molecule has 0 N–H and O–H groups in total. The van der Waals surface area contributed by atoms with Crippen LogP contribution in [0, 0.1) is 24.7 Å². The largest absolute Gasteiger partial charge is 0.345 e. The fourth-order valence-electron chi connectivity index (χ4n) is 4.32. The summed E-state index contributed by atoms with van der Waals surface area (Å²) in [7, 11) is 0. The lowest BCUT2D eigenvalue weighted by atomic mass is 9.81. The average molecular weight is 557 g/mol. The van der Waals surface area contributed by atoms with Crippen LogP contribution in [0.1, 0.15) is 74.0 Å². The second kappa shape index (κ2) is 12.9. The standard InChI is InChI=1S/C31H40O5S2/c1-7-30(8-2,17-27(33)37-18-26(32)24-13-9-22(3)10-14-24)28(34)38-21-31(25-15-11-23(4)12-16-25)35-19-29(5,6)20-36-31/h9-16H,7-8,17-21H2,1-6H3. The molecule has 38 heavy (non-hydrogen) atoms. The number of benzene rings is 2. The minimum Gasteiger partial charge on any atom is -0.345 e. The second-order valence-corrected chi connectivity index (χ2v) is 13.0. The van der Waals surface area contributed by atoms with Gasteiger partial charge >= 0.3 is 0 Å². The average Bonchev–Trinajstić information content (AvgIpc) is 2.91. The van der Waals surface area contributed by atoms with Gasteiger partial charge < -0.3 is 9.47 Å². The van der Waals surface area contributed by atoms with Gasteiger partial charge in [-0.15, -0.1) is 0 Å². The van der Waals surface area contributed by atoms with E-state index < -0.39 is 11.2 Å². The van der Waals surface area contributed by atoms with E-state index in [-0.39, 0.29) is 33.6 Å². The van der Waals surface area contributed by atoms with Crippen LogP contribution in [0.4, 0.5) is 0 Å². The number of hydrogen-bond acceptors (Lipinski definition) is 7.